The Morgan fingerprint density at radius 2 is 1.81 bits per heavy atom. The van der Waals surface area contributed by atoms with E-state index >= 15 is 0 Å². The SMILES string of the molecule is Cc1c(-c2ccc(F)cc2F)noc1-c1ccc(C(=O)NC(C)C)cc1. The van der Waals surface area contributed by atoms with Crippen molar-refractivity contribution in [3.8, 4) is 22.6 Å². The Labute approximate surface area is 149 Å². The van der Waals surface area contributed by atoms with Gasteiger partial charge in [0.1, 0.15) is 17.3 Å². The van der Waals surface area contributed by atoms with E-state index in [1.807, 2.05) is 13.8 Å². The zero-order chi connectivity index (χ0) is 18.8. The molecule has 0 saturated carbocycles. The zero-order valence-electron chi connectivity index (χ0n) is 14.6. The molecule has 0 unspecified atom stereocenters. The minimum Gasteiger partial charge on any atom is -0.355 e. The second kappa shape index (κ2) is 7.07. The lowest BCUT2D eigenvalue weighted by Gasteiger charge is -2.08. The van der Waals surface area contributed by atoms with Crippen LogP contribution in [-0.4, -0.2) is 17.1 Å². The maximum Gasteiger partial charge on any atom is 0.251 e. The number of halogens is 2. The van der Waals surface area contributed by atoms with Crippen molar-refractivity contribution in [3.05, 3.63) is 65.2 Å². The van der Waals surface area contributed by atoms with Crippen LogP contribution < -0.4 is 5.32 Å². The lowest BCUT2D eigenvalue weighted by atomic mass is 10.0. The predicted molar refractivity (Wildman–Crippen MR) is 94.6 cm³/mol. The molecule has 1 heterocycles. The molecule has 3 aromatic rings. The molecule has 0 aliphatic heterocycles. The molecule has 0 radical (unpaired) electrons. The topological polar surface area (TPSA) is 55.1 Å². The van der Waals surface area contributed by atoms with Crippen molar-refractivity contribution in [1.29, 1.82) is 0 Å². The number of amides is 1. The summed E-state index contributed by atoms with van der Waals surface area (Å²) in [6.45, 7) is 5.53. The lowest BCUT2D eigenvalue weighted by Crippen LogP contribution is -2.29. The highest BCUT2D eigenvalue weighted by molar-refractivity contribution is 5.94. The smallest absolute Gasteiger partial charge is 0.251 e. The van der Waals surface area contributed by atoms with Gasteiger partial charge in [0.05, 0.1) is 0 Å². The van der Waals surface area contributed by atoms with Gasteiger partial charge in [0.15, 0.2) is 5.76 Å². The fourth-order valence-electron chi connectivity index (χ4n) is 2.66. The summed E-state index contributed by atoms with van der Waals surface area (Å²) in [6.07, 6.45) is 0. The normalized spacial score (nSPS) is 11.0. The first kappa shape index (κ1) is 17.8. The number of benzene rings is 2. The van der Waals surface area contributed by atoms with Gasteiger partial charge >= 0.3 is 0 Å². The number of nitrogens with zero attached hydrogens (tertiary/aromatic N) is 1. The maximum absolute atomic E-state index is 14.0. The molecule has 2 aromatic carbocycles. The van der Waals surface area contributed by atoms with Gasteiger partial charge in [-0.2, -0.15) is 0 Å². The van der Waals surface area contributed by atoms with E-state index < -0.39 is 11.6 Å². The van der Waals surface area contributed by atoms with E-state index in [1.165, 1.54) is 12.1 Å². The van der Waals surface area contributed by atoms with Crippen LogP contribution in [-0.2, 0) is 0 Å². The number of aromatic nitrogens is 1. The zero-order valence-corrected chi connectivity index (χ0v) is 14.6. The van der Waals surface area contributed by atoms with Crippen LogP contribution in [0.25, 0.3) is 22.6 Å². The van der Waals surface area contributed by atoms with Crippen LogP contribution in [0.5, 0.6) is 0 Å². The Bertz CT molecular complexity index is 947. The molecular weight excluding hydrogens is 338 g/mol. The fourth-order valence-corrected chi connectivity index (χ4v) is 2.66. The summed E-state index contributed by atoms with van der Waals surface area (Å²) >= 11 is 0. The van der Waals surface area contributed by atoms with Gasteiger partial charge in [-0.15, -0.1) is 0 Å². The molecular formula is C20H18F2N2O2. The Morgan fingerprint density at radius 1 is 1.12 bits per heavy atom. The van der Waals surface area contributed by atoms with Crippen molar-refractivity contribution in [1.82, 2.24) is 10.5 Å². The van der Waals surface area contributed by atoms with Crippen LogP contribution in [0.2, 0.25) is 0 Å². The third kappa shape index (κ3) is 3.49. The monoisotopic (exact) mass is 356 g/mol. The number of carbonyl (C=O) groups is 1. The van der Waals surface area contributed by atoms with Crippen molar-refractivity contribution in [2.24, 2.45) is 0 Å². The van der Waals surface area contributed by atoms with Gasteiger partial charge in [-0.05, 0) is 45.0 Å². The molecule has 1 N–H and O–H groups in total. The predicted octanol–water partition coefficient (Wildman–Crippen LogP) is 4.73. The van der Waals surface area contributed by atoms with Gasteiger partial charge in [-0.25, -0.2) is 8.78 Å². The summed E-state index contributed by atoms with van der Waals surface area (Å²) in [5.41, 5.74) is 2.37. The average Bonchev–Trinajstić information content (AvgIpc) is 2.96. The standard InChI is InChI=1S/C20H18F2N2O2/c1-11(2)23-20(25)14-6-4-13(5-7-14)19-12(3)18(24-26-19)16-9-8-15(21)10-17(16)22/h4-11H,1-3H3,(H,23,25). The summed E-state index contributed by atoms with van der Waals surface area (Å²) < 4.78 is 32.5. The van der Waals surface area contributed by atoms with Crippen LogP contribution in [0, 0.1) is 18.6 Å². The second-order valence-electron chi connectivity index (χ2n) is 6.31. The molecule has 0 bridgehead atoms. The Kier molecular flexibility index (Phi) is 4.84. The van der Waals surface area contributed by atoms with E-state index in [9.17, 15) is 13.6 Å². The molecule has 0 saturated heterocycles. The van der Waals surface area contributed by atoms with E-state index in [0.29, 0.717) is 28.1 Å². The third-order valence-electron chi connectivity index (χ3n) is 3.94. The largest absolute Gasteiger partial charge is 0.355 e. The van der Waals surface area contributed by atoms with Gasteiger partial charge in [-0.3, -0.25) is 4.79 Å². The van der Waals surface area contributed by atoms with Crippen molar-refractivity contribution in [2.75, 3.05) is 0 Å². The van der Waals surface area contributed by atoms with Crippen LogP contribution in [0.4, 0.5) is 8.78 Å². The molecule has 0 spiro atoms. The molecule has 4 nitrogen and oxygen atoms in total. The molecule has 26 heavy (non-hydrogen) atoms. The molecule has 0 aliphatic carbocycles. The van der Waals surface area contributed by atoms with Gasteiger partial charge in [-0.1, -0.05) is 17.3 Å². The first-order chi connectivity index (χ1) is 12.4. The second-order valence-corrected chi connectivity index (χ2v) is 6.31. The fraction of sp³-hybridized carbons (Fsp3) is 0.200. The van der Waals surface area contributed by atoms with Crippen LogP contribution in [0.3, 0.4) is 0 Å². The summed E-state index contributed by atoms with van der Waals surface area (Å²) in [5, 5.41) is 6.75. The number of carbonyl (C=O) groups excluding carboxylic acids is 1. The summed E-state index contributed by atoms with van der Waals surface area (Å²) in [7, 11) is 0. The van der Waals surface area contributed by atoms with E-state index in [4.69, 9.17) is 4.52 Å². The minimum atomic E-state index is -0.700. The van der Waals surface area contributed by atoms with Crippen LogP contribution in [0.15, 0.2) is 47.0 Å². The maximum atomic E-state index is 14.0. The quantitative estimate of drug-likeness (QED) is 0.735. The molecule has 0 atom stereocenters. The summed E-state index contributed by atoms with van der Waals surface area (Å²) in [6, 6.07) is 10.2. The Balaban J connectivity index is 1.91. The van der Waals surface area contributed by atoms with E-state index in [-0.39, 0.29) is 17.5 Å². The van der Waals surface area contributed by atoms with Crippen molar-refractivity contribution in [2.45, 2.75) is 26.8 Å². The average molecular weight is 356 g/mol. The molecule has 0 fully saturated rings. The molecule has 134 valence electrons. The van der Waals surface area contributed by atoms with Gasteiger partial charge in [0, 0.05) is 34.4 Å². The van der Waals surface area contributed by atoms with Crippen molar-refractivity contribution < 1.29 is 18.1 Å². The molecule has 3 rings (SSSR count). The van der Waals surface area contributed by atoms with Crippen LogP contribution >= 0.6 is 0 Å². The van der Waals surface area contributed by atoms with Crippen molar-refractivity contribution in [3.63, 3.8) is 0 Å². The van der Waals surface area contributed by atoms with E-state index in [2.05, 4.69) is 10.5 Å². The number of hydrogen-bond donors (Lipinski definition) is 1. The minimum absolute atomic E-state index is 0.0480. The van der Waals surface area contributed by atoms with Crippen LogP contribution in [0.1, 0.15) is 29.8 Å². The number of nitrogens with one attached hydrogen (secondary N) is 1. The Hall–Kier alpha value is -3.02. The van der Waals surface area contributed by atoms with Gasteiger partial charge in [0.2, 0.25) is 0 Å². The van der Waals surface area contributed by atoms with E-state index in [1.54, 1.807) is 31.2 Å². The first-order valence-electron chi connectivity index (χ1n) is 8.20. The molecule has 0 aliphatic rings. The molecule has 1 amide bonds. The highest BCUT2D eigenvalue weighted by Gasteiger charge is 2.18. The van der Waals surface area contributed by atoms with Gasteiger partial charge in [0.25, 0.3) is 5.91 Å². The number of rotatable bonds is 4. The first-order valence-corrected chi connectivity index (χ1v) is 8.20. The highest BCUT2D eigenvalue weighted by Crippen LogP contribution is 2.33. The Morgan fingerprint density at radius 3 is 2.42 bits per heavy atom. The summed E-state index contributed by atoms with van der Waals surface area (Å²) in [4.78, 5) is 12.0. The highest BCUT2D eigenvalue weighted by atomic mass is 19.1. The third-order valence-corrected chi connectivity index (χ3v) is 3.94. The van der Waals surface area contributed by atoms with Crippen molar-refractivity contribution >= 4 is 5.91 Å². The van der Waals surface area contributed by atoms with Gasteiger partial charge < -0.3 is 9.84 Å². The molecule has 1 aromatic heterocycles. The lowest BCUT2D eigenvalue weighted by molar-refractivity contribution is 0.0943. The molecule has 6 heteroatoms. The van der Waals surface area contributed by atoms with E-state index in [0.717, 1.165) is 6.07 Å². The summed E-state index contributed by atoms with van der Waals surface area (Å²) in [5.74, 6) is -1.04. The number of hydrogen-bond acceptors (Lipinski definition) is 3.